The van der Waals surface area contributed by atoms with Crippen molar-refractivity contribution < 1.29 is 13.2 Å². The summed E-state index contributed by atoms with van der Waals surface area (Å²) in [6.07, 6.45) is -2.61. The summed E-state index contributed by atoms with van der Waals surface area (Å²) in [4.78, 5) is 1.88. The van der Waals surface area contributed by atoms with Crippen LogP contribution in [0.15, 0.2) is 22.7 Å². The summed E-state index contributed by atoms with van der Waals surface area (Å²) in [5.41, 5.74) is -0.279. The first-order valence-corrected chi connectivity index (χ1v) is 7.99. The number of rotatable bonds is 3. The van der Waals surface area contributed by atoms with E-state index in [2.05, 4.69) is 21.2 Å². The largest absolute Gasteiger partial charge is 0.418 e. The molecule has 0 aliphatic carbocycles. The second-order valence-electron chi connectivity index (χ2n) is 5.48. The lowest BCUT2D eigenvalue weighted by atomic mass is 9.96. The van der Waals surface area contributed by atoms with Gasteiger partial charge >= 0.3 is 6.18 Å². The number of piperidine rings is 1. The van der Waals surface area contributed by atoms with Gasteiger partial charge in [-0.3, -0.25) is 0 Å². The highest BCUT2D eigenvalue weighted by Crippen LogP contribution is 2.40. The topological polar surface area (TPSA) is 15.3 Å². The minimum atomic E-state index is -4.34. The smallest absolute Gasteiger partial charge is 0.368 e. The number of benzene rings is 1. The SMILES string of the molecule is CCNC1CCN(c2ccc(Br)cc2C(F)(F)F)C(C)C1. The van der Waals surface area contributed by atoms with Crippen LogP contribution in [-0.2, 0) is 6.18 Å². The molecule has 1 saturated heterocycles. The summed E-state index contributed by atoms with van der Waals surface area (Å²) in [5.74, 6) is 0. The van der Waals surface area contributed by atoms with Crippen molar-refractivity contribution in [3.63, 3.8) is 0 Å². The molecule has 1 aliphatic rings. The molecule has 21 heavy (non-hydrogen) atoms. The van der Waals surface area contributed by atoms with Crippen LogP contribution in [0.4, 0.5) is 18.9 Å². The van der Waals surface area contributed by atoms with Gasteiger partial charge in [0.25, 0.3) is 0 Å². The number of nitrogens with zero attached hydrogens (tertiary/aromatic N) is 1. The molecule has 118 valence electrons. The Labute approximate surface area is 131 Å². The molecule has 2 nitrogen and oxygen atoms in total. The number of alkyl halides is 3. The van der Waals surface area contributed by atoms with Crippen LogP contribution in [0.3, 0.4) is 0 Å². The fraction of sp³-hybridized carbons (Fsp3) is 0.600. The summed E-state index contributed by atoms with van der Waals surface area (Å²) in [7, 11) is 0. The molecule has 6 heteroatoms. The first-order valence-electron chi connectivity index (χ1n) is 7.19. The van der Waals surface area contributed by atoms with Gasteiger partial charge in [-0.2, -0.15) is 13.2 Å². The van der Waals surface area contributed by atoms with Crippen LogP contribution in [0.2, 0.25) is 0 Å². The van der Waals surface area contributed by atoms with E-state index in [1.165, 1.54) is 6.07 Å². The molecule has 0 saturated carbocycles. The van der Waals surface area contributed by atoms with Gasteiger partial charge in [0, 0.05) is 28.8 Å². The average molecular weight is 365 g/mol. The Morgan fingerprint density at radius 2 is 2.10 bits per heavy atom. The second kappa shape index (κ2) is 6.57. The molecular formula is C15H20BrF3N2. The maximum absolute atomic E-state index is 13.2. The quantitative estimate of drug-likeness (QED) is 0.852. The lowest BCUT2D eigenvalue weighted by Gasteiger charge is -2.40. The Balaban J connectivity index is 2.26. The third-order valence-electron chi connectivity index (χ3n) is 3.94. The molecule has 1 N–H and O–H groups in total. The molecule has 0 spiro atoms. The third kappa shape index (κ3) is 3.92. The molecule has 1 aliphatic heterocycles. The van der Waals surface area contributed by atoms with Crippen molar-refractivity contribution in [3.05, 3.63) is 28.2 Å². The summed E-state index contributed by atoms with van der Waals surface area (Å²) in [6, 6.07) is 4.89. The van der Waals surface area contributed by atoms with Crippen molar-refractivity contribution in [2.75, 3.05) is 18.0 Å². The van der Waals surface area contributed by atoms with E-state index in [1.54, 1.807) is 12.1 Å². The van der Waals surface area contributed by atoms with Gasteiger partial charge in [0.05, 0.1) is 5.56 Å². The lowest BCUT2D eigenvalue weighted by molar-refractivity contribution is -0.137. The number of nitrogens with one attached hydrogen (secondary N) is 1. The van der Waals surface area contributed by atoms with Crippen molar-refractivity contribution in [2.24, 2.45) is 0 Å². The van der Waals surface area contributed by atoms with Gasteiger partial charge < -0.3 is 10.2 Å². The first-order chi connectivity index (χ1) is 9.82. The Morgan fingerprint density at radius 3 is 2.67 bits per heavy atom. The van der Waals surface area contributed by atoms with Gasteiger partial charge in [-0.1, -0.05) is 22.9 Å². The monoisotopic (exact) mass is 364 g/mol. The normalized spacial score (nSPS) is 23.4. The van der Waals surface area contributed by atoms with Crippen molar-refractivity contribution in [3.8, 4) is 0 Å². The van der Waals surface area contributed by atoms with E-state index < -0.39 is 11.7 Å². The van der Waals surface area contributed by atoms with Crippen LogP contribution >= 0.6 is 15.9 Å². The highest BCUT2D eigenvalue weighted by molar-refractivity contribution is 9.10. The van der Waals surface area contributed by atoms with E-state index in [9.17, 15) is 13.2 Å². The molecule has 1 heterocycles. The van der Waals surface area contributed by atoms with Crippen LogP contribution < -0.4 is 10.2 Å². The lowest BCUT2D eigenvalue weighted by Crippen LogP contribution is -2.48. The van der Waals surface area contributed by atoms with Gasteiger partial charge in [0.15, 0.2) is 0 Å². The molecule has 0 radical (unpaired) electrons. The highest BCUT2D eigenvalue weighted by Gasteiger charge is 2.37. The predicted molar refractivity (Wildman–Crippen MR) is 82.7 cm³/mol. The minimum absolute atomic E-state index is 0.0880. The minimum Gasteiger partial charge on any atom is -0.368 e. The van der Waals surface area contributed by atoms with Crippen molar-refractivity contribution >= 4 is 21.6 Å². The van der Waals surface area contributed by atoms with E-state index in [-0.39, 0.29) is 11.7 Å². The van der Waals surface area contributed by atoms with Gasteiger partial charge in [0.1, 0.15) is 0 Å². The summed E-state index contributed by atoms with van der Waals surface area (Å²) in [6.45, 7) is 5.58. The molecule has 1 fully saturated rings. The van der Waals surface area contributed by atoms with Gasteiger partial charge in [0.2, 0.25) is 0 Å². The second-order valence-corrected chi connectivity index (χ2v) is 6.40. The van der Waals surface area contributed by atoms with E-state index in [0.29, 0.717) is 17.1 Å². The fourth-order valence-corrected chi connectivity index (χ4v) is 3.35. The van der Waals surface area contributed by atoms with E-state index in [4.69, 9.17) is 0 Å². The van der Waals surface area contributed by atoms with Crippen LogP contribution in [0.5, 0.6) is 0 Å². The highest BCUT2D eigenvalue weighted by atomic mass is 79.9. The van der Waals surface area contributed by atoms with Crippen molar-refractivity contribution in [1.29, 1.82) is 0 Å². The number of hydrogen-bond donors (Lipinski definition) is 1. The third-order valence-corrected chi connectivity index (χ3v) is 4.44. The summed E-state index contributed by atoms with van der Waals surface area (Å²) < 4.78 is 40.2. The molecule has 0 bridgehead atoms. The maximum Gasteiger partial charge on any atom is 0.418 e. The summed E-state index contributed by atoms with van der Waals surface area (Å²) >= 11 is 3.13. The van der Waals surface area contributed by atoms with Crippen LogP contribution in [0, 0.1) is 0 Å². The van der Waals surface area contributed by atoms with Crippen LogP contribution in [0.1, 0.15) is 32.3 Å². The Bertz CT molecular complexity index is 490. The first kappa shape index (κ1) is 16.6. The molecule has 1 aromatic rings. The standard InChI is InChI=1S/C15H20BrF3N2/c1-3-20-12-6-7-21(10(2)8-12)14-5-4-11(16)9-13(14)15(17,18)19/h4-5,9-10,12,20H,3,6-8H2,1-2H3. The van der Waals surface area contributed by atoms with E-state index in [1.807, 2.05) is 18.7 Å². The maximum atomic E-state index is 13.2. The zero-order valence-corrected chi connectivity index (χ0v) is 13.8. The van der Waals surface area contributed by atoms with Crippen LogP contribution in [0.25, 0.3) is 0 Å². The Morgan fingerprint density at radius 1 is 1.38 bits per heavy atom. The van der Waals surface area contributed by atoms with Gasteiger partial charge in [-0.05, 0) is 44.5 Å². The molecule has 2 atom stereocenters. The Hall–Kier alpha value is -0.750. The molecule has 1 aromatic carbocycles. The molecule has 0 amide bonds. The zero-order valence-electron chi connectivity index (χ0n) is 12.2. The molecule has 2 unspecified atom stereocenters. The number of halogens is 4. The predicted octanol–water partition coefficient (Wildman–Crippen LogP) is 4.43. The van der Waals surface area contributed by atoms with Gasteiger partial charge in [-0.15, -0.1) is 0 Å². The van der Waals surface area contributed by atoms with Gasteiger partial charge in [-0.25, -0.2) is 0 Å². The number of hydrogen-bond acceptors (Lipinski definition) is 2. The fourth-order valence-electron chi connectivity index (χ4n) is 2.99. The number of anilines is 1. The van der Waals surface area contributed by atoms with E-state index >= 15 is 0 Å². The molecule has 0 aromatic heterocycles. The zero-order chi connectivity index (χ0) is 15.6. The summed E-state index contributed by atoms with van der Waals surface area (Å²) in [5, 5.41) is 3.38. The van der Waals surface area contributed by atoms with E-state index in [0.717, 1.165) is 19.4 Å². The Kier molecular flexibility index (Phi) is 5.20. The molecular weight excluding hydrogens is 345 g/mol. The van der Waals surface area contributed by atoms with Crippen molar-refractivity contribution in [2.45, 2.75) is 44.9 Å². The average Bonchev–Trinajstić information content (AvgIpc) is 2.39. The molecule has 2 rings (SSSR count). The van der Waals surface area contributed by atoms with Crippen LogP contribution in [-0.4, -0.2) is 25.2 Å². The van der Waals surface area contributed by atoms with Crippen molar-refractivity contribution in [1.82, 2.24) is 5.32 Å².